The van der Waals surface area contributed by atoms with Crippen molar-refractivity contribution in [2.45, 2.75) is 44.9 Å². The van der Waals surface area contributed by atoms with Crippen LogP contribution >= 0.6 is 23.2 Å². The fourth-order valence-electron chi connectivity index (χ4n) is 8.08. The lowest BCUT2D eigenvalue weighted by Crippen LogP contribution is -2.43. The van der Waals surface area contributed by atoms with E-state index >= 15 is 0 Å². The average Bonchev–Trinajstić information content (AvgIpc) is 3.81. The van der Waals surface area contributed by atoms with Crippen LogP contribution in [0.3, 0.4) is 0 Å². The van der Waals surface area contributed by atoms with E-state index in [2.05, 4.69) is 5.92 Å². The molecule has 0 N–H and O–H groups in total. The van der Waals surface area contributed by atoms with Crippen molar-refractivity contribution in [2.24, 2.45) is 11.3 Å². The second-order valence-electron chi connectivity index (χ2n) is 13.1. The molecule has 49 heavy (non-hydrogen) atoms. The Hall–Kier alpha value is -4.58. The molecule has 4 aromatic carbocycles. The minimum atomic E-state index is -1.23. The van der Waals surface area contributed by atoms with Gasteiger partial charge in [-0.3, -0.25) is 19.2 Å². The van der Waals surface area contributed by atoms with Crippen LogP contribution in [0.2, 0.25) is 0 Å². The molecule has 2 aliphatic heterocycles. The number of nitrogens with zero attached hydrogens (tertiary/aromatic N) is 2. The number of hydrogen-bond donors (Lipinski definition) is 0. The Morgan fingerprint density at radius 3 is 1.73 bits per heavy atom. The van der Waals surface area contributed by atoms with E-state index in [1.807, 2.05) is 48.5 Å². The summed E-state index contributed by atoms with van der Waals surface area (Å²) in [5.74, 6) is 1.94. The summed E-state index contributed by atoms with van der Waals surface area (Å²) >= 11 is 13.0. The van der Waals surface area contributed by atoms with Crippen LogP contribution in [0, 0.1) is 23.7 Å². The molecule has 8 nitrogen and oxygen atoms in total. The van der Waals surface area contributed by atoms with Gasteiger partial charge >= 0.3 is 11.9 Å². The zero-order valence-electron chi connectivity index (χ0n) is 27.1. The molecule has 4 aromatic rings. The minimum absolute atomic E-state index is 0.132. The Balaban J connectivity index is 1.22. The summed E-state index contributed by atoms with van der Waals surface area (Å²) in [4.78, 5) is 56.5. The molecule has 0 saturated heterocycles. The number of amides is 2. The van der Waals surface area contributed by atoms with Gasteiger partial charge in [0.05, 0.1) is 11.4 Å². The van der Waals surface area contributed by atoms with Crippen LogP contribution in [0.5, 0.6) is 11.5 Å². The third kappa shape index (κ3) is 5.40. The number of esters is 2. The van der Waals surface area contributed by atoms with E-state index in [9.17, 15) is 19.2 Å². The Kier molecular flexibility index (Phi) is 8.54. The maximum absolute atomic E-state index is 14.6. The van der Waals surface area contributed by atoms with Gasteiger partial charge < -0.3 is 19.3 Å². The first-order valence-electron chi connectivity index (χ1n) is 16.3. The molecule has 10 heteroatoms. The van der Waals surface area contributed by atoms with E-state index in [0.29, 0.717) is 54.7 Å². The Morgan fingerprint density at radius 1 is 0.796 bits per heavy atom. The molecule has 0 unspecified atom stereocenters. The van der Waals surface area contributed by atoms with E-state index < -0.39 is 23.3 Å². The van der Waals surface area contributed by atoms with Crippen molar-refractivity contribution in [3.63, 3.8) is 0 Å². The van der Waals surface area contributed by atoms with Crippen LogP contribution in [-0.4, -0.2) is 48.6 Å². The number of rotatable bonds is 6. The van der Waals surface area contributed by atoms with Gasteiger partial charge in [-0.2, -0.15) is 0 Å². The van der Waals surface area contributed by atoms with Crippen molar-refractivity contribution in [1.29, 1.82) is 0 Å². The lowest BCUT2D eigenvalue weighted by molar-refractivity contribution is -0.132. The molecule has 7 rings (SSSR count). The van der Waals surface area contributed by atoms with Gasteiger partial charge in [0, 0.05) is 79.4 Å². The standard InChI is InChI=1S/C39H34Cl2N2O6/c1-4-39(38(47)43-21-26(19-41)36-30-12-8-6-10-28(30)34(16-32(36)43)49-23(3)45)14-13-24(17-39)37(46)42-20-25(18-40)35-29-11-7-5-9-27(29)33(15-31(35)42)48-22(2)44/h1,5-12,15-16,24-26H,13-14,17-21H2,2-3H3/t24-,25+,26+,39+/m0/s1. The number of alkyl halides is 2. The quantitative estimate of drug-likeness (QED) is 0.0909. The van der Waals surface area contributed by atoms with Crippen molar-refractivity contribution in [3.05, 3.63) is 71.8 Å². The van der Waals surface area contributed by atoms with Crippen molar-refractivity contribution in [2.75, 3.05) is 34.6 Å². The lowest BCUT2D eigenvalue weighted by atomic mass is 9.84. The first kappa shape index (κ1) is 32.9. The van der Waals surface area contributed by atoms with Crippen LogP contribution < -0.4 is 19.3 Å². The summed E-state index contributed by atoms with van der Waals surface area (Å²) in [6.45, 7) is 3.36. The number of ether oxygens (including phenoxy) is 2. The highest BCUT2D eigenvalue weighted by Gasteiger charge is 2.51. The fourth-order valence-corrected chi connectivity index (χ4v) is 8.58. The maximum Gasteiger partial charge on any atom is 0.308 e. The molecule has 0 spiro atoms. The monoisotopic (exact) mass is 696 g/mol. The molecule has 2 heterocycles. The van der Waals surface area contributed by atoms with E-state index in [1.165, 1.54) is 13.8 Å². The van der Waals surface area contributed by atoms with E-state index in [1.54, 1.807) is 21.9 Å². The van der Waals surface area contributed by atoms with Gasteiger partial charge in [0.2, 0.25) is 11.8 Å². The zero-order chi connectivity index (χ0) is 34.6. The highest BCUT2D eigenvalue weighted by Crippen LogP contribution is 2.52. The summed E-state index contributed by atoms with van der Waals surface area (Å²) in [5, 5.41) is 3.25. The molecule has 0 aromatic heterocycles. The molecule has 4 atom stereocenters. The SMILES string of the molecule is C#C[C@@]1(C(=O)N2C[C@@H](CCl)c3c2cc(OC(C)=O)c2ccccc32)CC[C@H](C(=O)N2C[C@@H](CCl)c3c2cc(OC(C)=O)c2ccccc32)C1. The predicted octanol–water partition coefficient (Wildman–Crippen LogP) is 7.30. The predicted molar refractivity (Wildman–Crippen MR) is 191 cm³/mol. The molecule has 1 fully saturated rings. The van der Waals surface area contributed by atoms with E-state index in [-0.39, 0.29) is 36.0 Å². The van der Waals surface area contributed by atoms with Gasteiger partial charge in [0.15, 0.2) is 0 Å². The first-order valence-corrected chi connectivity index (χ1v) is 17.4. The van der Waals surface area contributed by atoms with Gasteiger partial charge in [-0.15, -0.1) is 29.6 Å². The molecule has 0 bridgehead atoms. The smallest absolute Gasteiger partial charge is 0.308 e. The fraction of sp³-hybridized carbons (Fsp3) is 0.333. The molecule has 1 aliphatic carbocycles. The maximum atomic E-state index is 14.6. The zero-order valence-corrected chi connectivity index (χ0v) is 28.6. The van der Waals surface area contributed by atoms with Gasteiger partial charge in [-0.05, 0) is 41.2 Å². The number of carbonyl (C=O) groups is 4. The van der Waals surface area contributed by atoms with Gasteiger partial charge in [-0.1, -0.05) is 54.5 Å². The Morgan fingerprint density at radius 2 is 1.27 bits per heavy atom. The van der Waals surface area contributed by atoms with Gasteiger partial charge in [0.25, 0.3) is 0 Å². The van der Waals surface area contributed by atoms with E-state index in [4.69, 9.17) is 39.1 Å². The second-order valence-corrected chi connectivity index (χ2v) is 13.7. The average molecular weight is 698 g/mol. The van der Waals surface area contributed by atoms with Gasteiger partial charge in [-0.25, -0.2) is 0 Å². The third-order valence-electron chi connectivity index (χ3n) is 10.2. The number of anilines is 2. The first-order chi connectivity index (χ1) is 23.6. The number of hydrogen-bond acceptors (Lipinski definition) is 6. The second kappa shape index (κ2) is 12.7. The molecule has 1 saturated carbocycles. The molecule has 250 valence electrons. The number of fused-ring (bicyclic) bond motifs is 6. The number of halogens is 2. The Bertz CT molecular complexity index is 2110. The van der Waals surface area contributed by atoms with Crippen LogP contribution in [0.25, 0.3) is 21.5 Å². The van der Waals surface area contributed by atoms with Crippen molar-refractivity contribution < 1.29 is 28.7 Å². The Labute approximate surface area is 294 Å². The van der Waals surface area contributed by atoms with Crippen LogP contribution in [0.1, 0.15) is 56.1 Å². The molecule has 0 radical (unpaired) electrons. The van der Waals surface area contributed by atoms with Crippen LogP contribution in [0.4, 0.5) is 11.4 Å². The number of carbonyl (C=O) groups excluding carboxylic acids is 4. The summed E-state index contributed by atoms with van der Waals surface area (Å²) in [6.07, 6.45) is 7.12. The summed E-state index contributed by atoms with van der Waals surface area (Å²) in [5.41, 5.74) is 1.87. The molecule has 3 aliphatic rings. The highest BCUT2D eigenvalue weighted by molar-refractivity contribution is 6.20. The third-order valence-corrected chi connectivity index (χ3v) is 10.9. The van der Waals surface area contributed by atoms with Crippen molar-refractivity contribution in [3.8, 4) is 23.8 Å². The van der Waals surface area contributed by atoms with Crippen molar-refractivity contribution >= 4 is 79.9 Å². The molecular weight excluding hydrogens is 663 g/mol. The minimum Gasteiger partial charge on any atom is -0.426 e. The largest absolute Gasteiger partial charge is 0.426 e. The molecular formula is C39H34Cl2N2O6. The number of benzene rings is 4. The number of terminal acetylenes is 1. The van der Waals surface area contributed by atoms with Crippen LogP contribution in [-0.2, 0) is 19.2 Å². The summed E-state index contributed by atoms with van der Waals surface area (Å²) in [7, 11) is 0. The highest BCUT2D eigenvalue weighted by atomic mass is 35.5. The van der Waals surface area contributed by atoms with Gasteiger partial charge in [0.1, 0.15) is 16.9 Å². The van der Waals surface area contributed by atoms with E-state index in [0.717, 1.165) is 32.7 Å². The topological polar surface area (TPSA) is 93.2 Å². The summed E-state index contributed by atoms with van der Waals surface area (Å²) in [6, 6.07) is 18.7. The normalized spacial score (nSPS) is 22.6. The van der Waals surface area contributed by atoms with Crippen molar-refractivity contribution in [1.82, 2.24) is 0 Å². The van der Waals surface area contributed by atoms with Crippen LogP contribution in [0.15, 0.2) is 60.7 Å². The summed E-state index contributed by atoms with van der Waals surface area (Å²) < 4.78 is 11.2. The molecule has 2 amide bonds. The lowest BCUT2D eigenvalue weighted by Gasteiger charge is -2.29.